The minimum absolute atomic E-state index is 0.100. The molecule has 0 unspecified atom stereocenters. The van der Waals surface area contributed by atoms with Gasteiger partial charge in [-0.2, -0.15) is 0 Å². The lowest BCUT2D eigenvalue weighted by atomic mass is 10.0. The van der Waals surface area contributed by atoms with Gasteiger partial charge in [-0.25, -0.2) is 4.68 Å². The van der Waals surface area contributed by atoms with Crippen LogP contribution in [0.15, 0.2) is 36.5 Å². The average molecular weight is 380 g/mol. The van der Waals surface area contributed by atoms with Gasteiger partial charge in [0.15, 0.2) is 5.69 Å². The van der Waals surface area contributed by atoms with Gasteiger partial charge >= 0.3 is 0 Å². The fraction of sp³-hybridized carbons (Fsp3) is 0.400. The Balaban J connectivity index is 1.56. The van der Waals surface area contributed by atoms with E-state index < -0.39 is 0 Å². The predicted molar refractivity (Wildman–Crippen MR) is 106 cm³/mol. The number of fused-ring (bicyclic) bond motifs is 1. The van der Waals surface area contributed by atoms with Gasteiger partial charge in [-0.1, -0.05) is 23.4 Å². The van der Waals surface area contributed by atoms with Crippen molar-refractivity contribution < 1.29 is 9.90 Å². The summed E-state index contributed by atoms with van der Waals surface area (Å²) in [7, 11) is 0. The Labute approximate surface area is 163 Å². The standard InChI is InChI=1S/C20H24N6O2/c1-14-11-19(16-6-2-3-7-17(16)22-14)25-9-4-5-15(12-25)26-13-18(23-24-26)20(28)21-8-10-27/h2-3,6-7,11,13,15,27H,4-5,8-10,12H2,1H3,(H,21,28)/t15-/m0/s1. The highest BCUT2D eigenvalue weighted by molar-refractivity contribution is 5.92. The molecule has 146 valence electrons. The van der Waals surface area contributed by atoms with E-state index >= 15 is 0 Å². The van der Waals surface area contributed by atoms with Crippen molar-refractivity contribution in [1.29, 1.82) is 0 Å². The smallest absolute Gasteiger partial charge is 0.273 e. The molecule has 1 aromatic carbocycles. The minimum atomic E-state index is -0.316. The van der Waals surface area contributed by atoms with Crippen molar-refractivity contribution in [2.24, 2.45) is 0 Å². The maximum Gasteiger partial charge on any atom is 0.273 e. The monoisotopic (exact) mass is 380 g/mol. The zero-order chi connectivity index (χ0) is 19.5. The molecule has 0 spiro atoms. The lowest BCUT2D eigenvalue weighted by Gasteiger charge is -2.35. The highest BCUT2D eigenvalue weighted by Gasteiger charge is 2.25. The second-order valence-electron chi connectivity index (χ2n) is 7.11. The number of aromatic nitrogens is 4. The summed E-state index contributed by atoms with van der Waals surface area (Å²) in [5.41, 5.74) is 3.47. The molecule has 2 aromatic heterocycles. The molecule has 1 atom stereocenters. The number of rotatable bonds is 5. The van der Waals surface area contributed by atoms with Crippen LogP contribution in [0.3, 0.4) is 0 Å². The van der Waals surface area contributed by atoms with Crippen molar-refractivity contribution in [3.8, 4) is 0 Å². The molecule has 0 bridgehead atoms. The van der Waals surface area contributed by atoms with Gasteiger partial charge < -0.3 is 15.3 Å². The maximum absolute atomic E-state index is 12.0. The van der Waals surface area contributed by atoms with Crippen molar-refractivity contribution in [3.63, 3.8) is 0 Å². The van der Waals surface area contributed by atoms with Gasteiger partial charge in [0, 0.05) is 36.4 Å². The Bertz CT molecular complexity index is 986. The fourth-order valence-corrected chi connectivity index (χ4v) is 3.76. The van der Waals surface area contributed by atoms with Gasteiger partial charge in [0.1, 0.15) is 0 Å². The van der Waals surface area contributed by atoms with E-state index in [-0.39, 0.29) is 30.8 Å². The Morgan fingerprint density at radius 2 is 2.21 bits per heavy atom. The van der Waals surface area contributed by atoms with Crippen LogP contribution in [-0.2, 0) is 0 Å². The molecule has 28 heavy (non-hydrogen) atoms. The number of carbonyl (C=O) groups is 1. The van der Waals surface area contributed by atoms with Crippen LogP contribution in [0.2, 0.25) is 0 Å². The SMILES string of the molecule is Cc1cc(N2CCC[C@H](n3cc(C(=O)NCCO)nn3)C2)c2ccccc2n1. The molecule has 4 rings (SSSR count). The largest absolute Gasteiger partial charge is 0.395 e. The number of aliphatic hydroxyl groups excluding tert-OH is 1. The normalized spacial score (nSPS) is 17.1. The average Bonchev–Trinajstić information content (AvgIpc) is 3.22. The van der Waals surface area contributed by atoms with Gasteiger partial charge in [-0.05, 0) is 31.9 Å². The first kappa shape index (κ1) is 18.4. The first-order chi connectivity index (χ1) is 13.7. The van der Waals surface area contributed by atoms with E-state index in [2.05, 4.69) is 37.6 Å². The second kappa shape index (κ2) is 7.93. The van der Waals surface area contributed by atoms with Crippen LogP contribution in [0.25, 0.3) is 10.9 Å². The van der Waals surface area contributed by atoms with Crippen molar-refractivity contribution in [2.75, 3.05) is 31.1 Å². The number of aliphatic hydroxyl groups is 1. The van der Waals surface area contributed by atoms with Gasteiger partial charge in [-0.15, -0.1) is 5.10 Å². The molecule has 8 nitrogen and oxygen atoms in total. The van der Waals surface area contributed by atoms with Gasteiger partial charge in [0.05, 0.1) is 24.4 Å². The number of anilines is 1. The van der Waals surface area contributed by atoms with Crippen molar-refractivity contribution in [1.82, 2.24) is 25.3 Å². The first-order valence-electron chi connectivity index (χ1n) is 9.58. The summed E-state index contributed by atoms with van der Waals surface area (Å²) >= 11 is 0. The summed E-state index contributed by atoms with van der Waals surface area (Å²) in [5.74, 6) is -0.316. The number of hydrogen-bond acceptors (Lipinski definition) is 6. The fourth-order valence-electron chi connectivity index (χ4n) is 3.76. The molecule has 0 saturated carbocycles. The Hall–Kier alpha value is -3.00. The Morgan fingerprint density at radius 3 is 3.07 bits per heavy atom. The van der Waals surface area contributed by atoms with E-state index in [9.17, 15) is 4.79 Å². The molecular weight excluding hydrogens is 356 g/mol. The zero-order valence-electron chi connectivity index (χ0n) is 15.9. The number of nitrogens with zero attached hydrogens (tertiary/aromatic N) is 5. The number of aryl methyl sites for hydroxylation is 1. The molecule has 0 aliphatic carbocycles. The number of para-hydroxylation sites is 1. The molecular formula is C20H24N6O2. The van der Waals surface area contributed by atoms with Crippen LogP contribution in [-0.4, -0.2) is 57.2 Å². The van der Waals surface area contributed by atoms with E-state index in [0.717, 1.165) is 42.5 Å². The minimum Gasteiger partial charge on any atom is -0.395 e. The number of piperidine rings is 1. The third-order valence-corrected chi connectivity index (χ3v) is 5.07. The van der Waals surface area contributed by atoms with Crippen LogP contribution < -0.4 is 10.2 Å². The summed E-state index contributed by atoms with van der Waals surface area (Å²) in [6.07, 6.45) is 3.71. The summed E-state index contributed by atoms with van der Waals surface area (Å²) in [6, 6.07) is 10.5. The predicted octanol–water partition coefficient (Wildman–Crippen LogP) is 1.70. The van der Waals surface area contributed by atoms with Crippen LogP contribution in [0, 0.1) is 6.92 Å². The summed E-state index contributed by atoms with van der Waals surface area (Å²) in [6.45, 7) is 3.90. The topological polar surface area (TPSA) is 96.2 Å². The number of pyridine rings is 1. The number of hydrogen-bond donors (Lipinski definition) is 2. The van der Waals surface area contributed by atoms with E-state index in [1.54, 1.807) is 10.9 Å². The lowest BCUT2D eigenvalue weighted by molar-refractivity contribution is 0.0939. The Morgan fingerprint density at radius 1 is 1.36 bits per heavy atom. The first-order valence-corrected chi connectivity index (χ1v) is 9.58. The molecule has 8 heteroatoms. The number of benzene rings is 1. The number of amides is 1. The highest BCUT2D eigenvalue weighted by atomic mass is 16.3. The van der Waals surface area contributed by atoms with Crippen LogP contribution in [0.1, 0.15) is 35.1 Å². The van der Waals surface area contributed by atoms with E-state index in [0.29, 0.717) is 0 Å². The summed E-state index contributed by atoms with van der Waals surface area (Å²) in [5, 5.41) is 20.8. The molecule has 1 fully saturated rings. The number of nitrogens with one attached hydrogen (secondary N) is 1. The third-order valence-electron chi connectivity index (χ3n) is 5.07. The van der Waals surface area contributed by atoms with Crippen LogP contribution in [0.4, 0.5) is 5.69 Å². The molecule has 3 aromatic rings. The lowest BCUT2D eigenvalue weighted by Crippen LogP contribution is -2.37. The zero-order valence-corrected chi connectivity index (χ0v) is 15.9. The summed E-state index contributed by atoms with van der Waals surface area (Å²) < 4.78 is 1.79. The van der Waals surface area contributed by atoms with Crippen molar-refractivity contribution in [2.45, 2.75) is 25.8 Å². The van der Waals surface area contributed by atoms with Gasteiger partial charge in [0.2, 0.25) is 0 Å². The second-order valence-corrected chi connectivity index (χ2v) is 7.11. The molecule has 0 radical (unpaired) electrons. The van der Waals surface area contributed by atoms with Gasteiger partial charge in [-0.3, -0.25) is 9.78 Å². The Kier molecular flexibility index (Phi) is 5.21. The van der Waals surface area contributed by atoms with Crippen LogP contribution >= 0.6 is 0 Å². The molecule has 1 saturated heterocycles. The third kappa shape index (κ3) is 3.68. The number of carbonyl (C=O) groups excluding carboxylic acids is 1. The van der Waals surface area contributed by atoms with Crippen molar-refractivity contribution >= 4 is 22.5 Å². The molecule has 1 amide bonds. The molecule has 1 aliphatic rings. The van der Waals surface area contributed by atoms with Gasteiger partial charge in [0.25, 0.3) is 5.91 Å². The quantitative estimate of drug-likeness (QED) is 0.699. The highest BCUT2D eigenvalue weighted by Crippen LogP contribution is 2.31. The van der Waals surface area contributed by atoms with E-state index in [1.165, 1.54) is 5.69 Å². The molecule has 1 aliphatic heterocycles. The van der Waals surface area contributed by atoms with Crippen molar-refractivity contribution in [3.05, 3.63) is 47.9 Å². The van der Waals surface area contributed by atoms with E-state index in [4.69, 9.17) is 5.11 Å². The molecule has 3 heterocycles. The maximum atomic E-state index is 12.0. The van der Waals surface area contributed by atoms with Crippen LogP contribution in [0.5, 0.6) is 0 Å². The van der Waals surface area contributed by atoms with E-state index in [1.807, 2.05) is 25.1 Å². The molecule has 2 N–H and O–H groups in total. The summed E-state index contributed by atoms with van der Waals surface area (Å²) in [4.78, 5) is 19.0.